The van der Waals surface area contributed by atoms with E-state index < -0.39 is 0 Å². The summed E-state index contributed by atoms with van der Waals surface area (Å²) in [6, 6.07) is 0.102. The van der Waals surface area contributed by atoms with Gasteiger partial charge in [0.25, 0.3) is 0 Å². The van der Waals surface area contributed by atoms with Crippen LogP contribution in [0.3, 0.4) is 0 Å². The predicted octanol–water partition coefficient (Wildman–Crippen LogP) is 0.855. The Labute approximate surface area is 98.1 Å². The molecule has 0 aliphatic carbocycles. The Bertz CT molecular complexity index is 225. The number of ether oxygens (including phenoxy) is 1. The molecule has 0 aromatic carbocycles. The van der Waals surface area contributed by atoms with Crippen LogP contribution in [-0.4, -0.2) is 43.2 Å². The van der Waals surface area contributed by atoms with Crippen LogP contribution >= 0.6 is 0 Å². The summed E-state index contributed by atoms with van der Waals surface area (Å²) in [6.07, 6.45) is 0.555. The van der Waals surface area contributed by atoms with Crippen molar-refractivity contribution in [2.45, 2.75) is 33.2 Å². The molecule has 1 fully saturated rings. The molecule has 16 heavy (non-hydrogen) atoms. The lowest BCUT2D eigenvalue weighted by Gasteiger charge is -2.29. The lowest BCUT2D eigenvalue weighted by Crippen LogP contribution is -2.43. The number of amides is 1. The van der Waals surface area contributed by atoms with Crippen LogP contribution in [0.4, 0.5) is 0 Å². The number of rotatable bonds is 4. The van der Waals surface area contributed by atoms with E-state index in [1.165, 1.54) is 0 Å². The van der Waals surface area contributed by atoms with Gasteiger partial charge in [-0.2, -0.15) is 0 Å². The Morgan fingerprint density at radius 2 is 1.88 bits per heavy atom. The first kappa shape index (κ1) is 13.5. The summed E-state index contributed by atoms with van der Waals surface area (Å²) < 4.78 is 5.22. The molecule has 1 aliphatic rings. The van der Waals surface area contributed by atoms with E-state index in [0.717, 1.165) is 13.1 Å². The fourth-order valence-electron chi connectivity index (χ4n) is 2.01. The van der Waals surface area contributed by atoms with Crippen molar-refractivity contribution in [1.82, 2.24) is 4.90 Å². The summed E-state index contributed by atoms with van der Waals surface area (Å²) in [4.78, 5) is 13.8. The molecular weight excluding hydrogens is 204 g/mol. The van der Waals surface area contributed by atoms with Crippen molar-refractivity contribution in [3.05, 3.63) is 0 Å². The maximum atomic E-state index is 12.0. The zero-order valence-electron chi connectivity index (χ0n) is 10.6. The van der Waals surface area contributed by atoms with Crippen LogP contribution in [0.5, 0.6) is 0 Å². The molecule has 0 bridgehead atoms. The van der Waals surface area contributed by atoms with Crippen molar-refractivity contribution in [2.24, 2.45) is 17.6 Å². The summed E-state index contributed by atoms with van der Waals surface area (Å²) in [6.45, 7) is 9.03. The van der Waals surface area contributed by atoms with Crippen molar-refractivity contribution in [2.75, 3.05) is 26.3 Å². The number of nitrogens with two attached hydrogens (primary N) is 1. The van der Waals surface area contributed by atoms with Gasteiger partial charge in [-0.1, -0.05) is 20.8 Å². The van der Waals surface area contributed by atoms with Crippen molar-refractivity contribution in [1.29, 1.82) is 0 Å². The van der Waals surface area contributed by atoms with Crippen LogP contribution in [0.15, 0.2) is 0 Å². The zero-order valence-corrected chi connectivity index (χ0v) is 10.6. The summed E-state index contributed by atoms with van der Waals surface area (Å²) in [5.41, 5.74) is 6.04. The summed E-state index contributed by atoms with van der Waals surface area (Å²) in [5.74, 6) is 0.884. The van der Waals surface area contributed by atoms with Crippen LogP contribution in [0.25, 0.3) is 0 Å². The van der Waals surface area contributed by atoms with Crippen molar-refractivity contribution in [3.63, 3.8) is 0 Å². The lowest BCUT2D eigenvalue weighted by atomic mass is 9.90. The molecule has 1 aliphatic heterocycles. The van der Waals surface area contributed by atoms with Crippen LogP contribution in [0, 0.1) is 11.8 Å². The van der Waals surface area contributed by atoms with E-state index in [1.807, 2.05) is 4.90 Å². The van der Waals surface area contributed by atoms with E-state index in [1.54, 1.807) is 0 Å². The normalized spacial score (nSPS) is 20.9. The average molecular weight is 228 g/mol. The SMILES string of the molecule is CC(C)[C@@H](N)[C@H](C)CC(=O)N1CCOCC1. The van der Waals surface area contributed by atoms with Gasteiger partial charge in [-0.25, -0.2) is 0 Å². The Balaban J connectivity index is 2.37. The third kappa shape index (κ3) is 3.76. The van der Waals surface area contributed by atoms with E-state index in [0.29, 0.717) is 25.6 Å². The van der Waals surface area contributed by atoms with Crippen LogP contribution < -0.4 is 5.73 Å². The Hall–Kier alpha value is -0.610. The summed E-state index contributed by atoms with van der Waals surface area (Å²) in [7, 11) is 0. The van der Waals surface area contributed by atoms with E-state index in [-0.39, 0.29) is 17.9 Å². The first-order chi connectivity index (χ1) is 7.52. The molecule has 2 N–H and O–H groups in total. The molecule has 4 heteroatoms. The highest BCUT2D eigenvalue weighted by Crippen LogP contribution is 2.15. The molecule has 0 aromatic heterocycles. The number of morpholine rings is 1. The van der Waals surface area contributed by atoms with Crippen LogP contribution in [0.1, 0.15) is 27.2 Å². The molecule has 94 valence electrons. The van der Waals surface area contributed by atoms with Gasteiger partial charge in [-0.3, -0.25) is 4.79 Å². The monoisotopic (exact) mass is 228 g/mol. The maximum absolute atomic E-state index is 12.0. The van der Waals surface area contributed by atoms with E-state index in [2.05, 4.69) is 20.8 Å². The highest BCUT2D eigenvalue weighted by molar-refractivity contribution is 5.76. The lowest BCUT2D eigenvalue weighted by molar-refractivity contribution is -0.136. The van der Waals surface area contributed by atoms with Gasteiger partial charge in [0.05, 0.1) is 13.2 Å². The van der Waals surface area contributed by atoms with Gasteiger partial charge in [-0.15, -0.1) is 0 Å². The van der Waals surface area contributed by atoms with Gasteiger partial charge in [0.15, 0.2) is 0 Å². The second-order valence-electron chi connectivity index (χ2n) is 5.00. The molecule has 0 spiro atoms. The molecule has 1 saturated heterocycles. The fourth-order valence-corrected chi connectivity index (χ4v) is 2.01. The number of carbonyl (C=O) groups excluding carboxylic acids is 1. The van der Waals surface area contributed by atoms with Gasteiger partial charge < -0.3 is 15.4 Å². The highest BCUT2D eigenvalue weighted by Gasteiger charge is 2.23. The van der Waals surface area contributed by atoms with E-state index in [9.17, 15) is 4.79 Å². The first-order valence-electron chi connectivity index (χ1n) is 6.13. The molecule has 2 atom stereocenters. The van der Waals surface area contributed by atoms with Gasteiger partial charge in [-0.05, 0) is 11.8 Å². The molecule has 0 unspecified atom stereocenters. The fraction of sp³-hybridized carbons (Fsp3) is 0.917. The Morgan fingerprint density at radius 3 is 2.38 bits per heavy atom. The van der Waals surface area contributed by atoms with Gasteiger partial charge in [0.2, 0.25) is 5.91 Å². The largest absolute Gasteiger partial charge is 0.378 e. The first-order valence-corrected chi connectivity index (χ1v) is 6.13. The second kappa shape index (κ2) is 6.21. The van der Waals surface area contributed by atoms with Crippen molar-refractivity contribution >= 4 is 5.91 Å². The Morgan fingerprint density at radius 1 is 1.31 bits per heavy atom. The molecular formula is C12H24N2O2. The van der Waals surface area contributed by atoms with Crippen LogP contribution in [-0.2, 0) is 9.53 Å². The average Bonchev–Trinajstić information content (AvgIpc) is 2.28. The predicted molar refractivity (Wildman–Crippen MR) is 64.0 cm³/mol. The van der Waals surface area contributed by atoms with Crippen molar-refractivity contribution in [3.8, 4) is 0 Å². The zero-order chi connectivity index (χ0) is 12.1. The van der Waals surface area contributed by atoms with E-state index in [4.69, 9.17) is 10.5 Å². The number of hydrogen-bond donors (Lipinski definition) is 1. The Kier molecular flexibility index (Phi) is 5.22. The van der Waals surface area contributed by atoms with Gasteiger partial charge in [0.1, 0.15) is 0 Å². The minimum absolute atomic E-state index is 0.102. The molecule has 1 rings (SSSR count). The topological polar surface area (TPSA) is 55.6 Å². The minimum Gasteiger partial charge on any atom is -0.378 e. The molecule has 4 nitrogen and oxygen atoms in total. The maximum Gasteiger partial charge on any atom is 0.223 e. The van der Waals surface area contributed by atoms with Crippen molar-refractivity contribution < 1.29 is 9.53 Å². The molecule has 1 heterocycles. The van der Waals surface area contributed by atoms with Crippen LogP contribution in [0.2, 0.25) is 0 Å². The smallest absolute Gasteiger partial charge is 0.223 e. The van der Waals surface area contributed by atoms with Gasteiger partial charge in [0, 0.05) is 25.6 Å². The summed E-state index contributed by atoms with van der Waals surface area (Å²) >= 11 is 0. The third-order valence-corrected chi connectivity index (χ3v) is 3.29. The highest BCUT2D eigenvalue weighted by atomic mass is 16.5. The minimum atomic E-state index is 0.102. The number of nitrogens with zero attached hydrogens (tertiary/aromatic N) is 1. The molecule has 0 saturated carbocycles. The second-order valence-corrected chi connectivity index (χ2v) is 5.00. The third-order valence-electron chi connectivity index (χ3n) is 3.29. The number of carbonyl (C=O) groups is 1. The molecule has 0 aromatic rings. The number of hydrogen-bond acceptors (Lipinski definition) is 3. The molecule has 0 radical (unpaired) electrons. The quantitative estimate of drug-likeness (QED) is 0.776. The molecule has 1 amide bonds. The standard InChI is InChI=1S/C12H24N2O2/c1-9(2)12(13)10(3)8-11(15)14-4-6-16-7-5-14/h9-10,12H,4-8,13H2,1-3H3/t10-,12-/m1/s1. The van der Waals surface area contributed by atoms with E-state index >= 15 is 0 Å². The van der Waals surface area contributed by atoms with Gasteiger partial charge >= 0.3 is 0 Å². The summed E-state index contributed by atoms with van der Waals surface area (Å²) in [5, 5.41) is 0.